The number of hydrogen-bond donors (Lipinski definition) is 0. The van der Waals surface area contributed by atoms with Crippen LogP contribution in [0.1, 0.15) is 27.6 Å². The van der Waals surface area contributed by atoms with Gasteiger partial charge in [-0.25, -0.2) is 18.9 Å². The Hall–Kier alpha value is -3.35. The molecule has 0 aliphatic heterocycles. The second-order valence-electron chi connectivity index (χ2n) is 5.31. The number of carbonyl (C=O) groups excluding carboxylic acids is 2. The van der Waals surface area contributed by atoms with Crippen molar-refractivity contribution in [3.8, 4) is 5.69 Å². The molecule has 1 heterocycles. The van der Waals surface area contributed by atoms with Gasteiger partial charge in [-0.05, 0) is 55.5 Å². The van der Waals surface area contributed by atoms with Crippen molar-refractivity contribution < 1.29 is 18.7 Å². The summed E-state index contributed by atoms with van der Waals surface area (Å²) in [4.78, 5) is 28.2. The Balaban J connectivity index is 1.67. The number of benzene rings is 2. The van der Waals surface area contributed by atoms with E-state index in [0.717, 1.165) is 5.69 Å². The Kier molecular flexibility index (Phi) is 4.65. The van der Waals surface area contributed by atoms with Crippen molar-refractivity contribution in [2.45, 2.75) is 13.0 Å². The van der Waals surface area contributed by atoms with Crippen molar-refractivity contribution in [2.24, 2.45) is 0 Å². The van der Waals surface area contributed by atoms with Crippen molar-refractivity contribution in [1.82, 2.24) is 14.8 Å². The molecule has 0 radical (unpaired) electrons. The Morgan fingerprint density at radius 1 is 1.04 bits per heavy atom. The summed E-state index contributed by atoms with van der Waals surface area (Å²) >= 11 is 0. The maximum Gasteiger partial charge on any atom is 0.338 e. The summed E-state index contributed by atoms with van der Waals surface area (Å²) in [5.41, 5.74) is 1.33. The second-order valence-corrected chi connectivity index (χ2v) is 5.31. The average Bonchev–Trinajstić information content (AvgIpc) is 3.16. The van der Waals surface area contributed by atoms with Crippen LogP contribution in [0.4, 0.5) is 4.39 Å². The zero-order valence-corrected chi connectivity index (χ0v) is 13.3. The van der Waals surface area contributed by atoms with E-state index in [2.05, 4.69) is 10.1 Å². The summed E-state index contributed by atoms with van der Waals surface area (Å²) in [6, 6.07) is 11.6. The van der Waals surface area contributed by atoms with Crippen molar-refractivity contribution in [1.29, 1.82) is 0 Å². The van der Waals surface area contributed by atoms with Crippen LogP contribution in [0.25, 0.3) is 5.69 Å². The maximum atomic E-state index is 12.9. The molecule has 0 saturated carbocycles. The van der Waals surface area contributed by atoms with Crippen LogP contribution in [0, 0.1) is 5.82 Å². The fourth-order valence-electron chi connectivity index (χ4n) is 2.22. The van der Waals surface area contributed by atoms with Crippen LogP contribution in [0.2, 0.25) is 0 Å². The van der Waals surface area contributed by atoms with Gasteiger partial charge in [0.1, 0.15) is 18.5 Å². The van der Waals surface area contributed by atoms with Crippen molar-refractivity contribution in [3.63, 3.8) is 0 Å². The average molecular weight is 339 g/mol. The highest BCUT2D eigenvalue weighted by Gasteiger charge is 2.20. The van der Waals surface area contributed by atoms with E-state index in [4.69, 9.17) is 4.74 Å². The van der Waals surface area contributed by atoms with E-state index >= 15 is 0 Å². The van der Waals surface area contributed by atoms with E-state index in [-0.39, 0.29) is 5.56 Å². The molecule has 126 valence electrons. The number of esters is 1. The molecule has 0 fully saturated rings. The molecule has 0 unspecified atom stereocenters. The predicted molar refractivity (Wildman–Crippen MR) is 87.0 cm³/mol. The molecule has 7 heteroatoms. The molecule has 3 rings (SSSR count). The summed E-state index contributed by atoms with van der Waals surface area (Å²) in [5, 5.41) is 3.99. The van der Waals surface area contributed by atoms with Gasteiger partial charge in [-0.3, -0.25) is 4.79 Å². The number of nitrogens with zero attached hydrogens (tertiary/aromatic N) is 3. The fraction of sp³-hybridized carbons (Fsp3) is 0.111. The maximum absolute atomic E-state index is 12.9. The quantitative estimate of drug-likeness (QED) is 0.528. The lowest BCUT2D eigenvalue weighted by molar-refractivity contribution is 0.0319. The molecule has 1 atom stereocenters. The summed E-state index contributed by atoms with van der Waals surface area (Å²) in [6.07, 6.45) is 1.97. The number of carbonyl (C=O) groups is 2. The smallest absolute Gasteiger partial charge is 0.338 e. The molecule has 0 N–H and O–H groups in total. The van der Waals surface area contributed by atoms with Crippen LogP contribution in [0.3, 0.4) is 0 Å². The Morgan fingerprint density at radius 2 is 1.68 bits per heavy atom. The highest BCUT2D eigenvalue weighted by molar-refractivity contribution is 6.01. The monoisotopic (exact) mass is 339 g/mol. The molecule has 1 aromatic heterocycles. The number of hydrogen-bond acceptors (Lipinski definition) is 5. The van der Waals surface area contributed by atoms with Gasteiger partial charge in [0, 0.05) is 5.56 Å². The van der Waals surface area contributed by atoms with Gasteiger partial charge in [-0.2, -0.15) is 5.10 Å². The summed E-state index contributed by atoms with van der Waals surface area (Å²) in [6.45, 7) is 1.48. The molecule has 0 amide bonds. The minimum absolute atomic E-state index is 0.281. The van der Waals surface area contributed by atoms with Crippen molar-refractivity contribution in [3.05, 3.63) is 78.1 Å². The molecule has 25 heavy (non-hydrogen) atoms. The number of halogens is 1. The van der Waals surface area contributed by atoms with E-state index in [0.29, 0.717) is 5.56 Å². The number of rotatable bonds is 5. The lowest BCUT2D eigenvalue weighted by Gasteiger charge is -2.12. The summed E-state index contributed by atoms with van der Waals surface area (Å²) in [5.74, 6) is -1.45. The largest absolute Gasteiger partial charge is 0.451 e. The summed E-state index contributed by atoms with van der Waals surface area (Å²) < 4.78 is 19.7. The zero-order chi connectivity index (χ0) is 17.8. The van der Waals surface area contributed by atoms with Gasteiger partial charge < -0.3 is 4.74 Å². The Labute approximate surface area is 142 Å². The van der Waals surface area contributed by atoms with Gasteiger partial charge in [0.2, 0.25) is 5.78 Å². The van der Waals surface area contributed by atoms with Gasteiger partial charge in [-0.15, -0.1) is 0 Å². The first-order valence-corrected chi connectivity index (χ1v) is 7.50. The molecule has 0 aliphatic rings. The van der Waals surface area contributed by atoms with Crippen LogP contribution >= 0.6 is 0 Å². The molecule has 6 nitrogen and oxygen atoms in total. The lowest BCUT2D eigenvalue weighted by atomic mass is 10.1. The first kappa shape index (κ1) is 16.5. The van der Waals surface area contributed by atoms with Gasteiger partial charge >= 0.3 is 5.97 Å². The highest BCUT2D eigenvalue weighted by Crippen LogP contribution is 2.13. The van der Waals surface area contributed by atoms with E-state index < -0.39 is 23.7 Å². The van der Waals surface area contributed by atoms with Crippen LogP contribution in [0.15, 0.2) is 61.2 Å². The lowest BCUT2D eigenvalue weighted by Crippen LogP contribution is -2.24. The molecule has 0 spiro atoms. The van der Waals surface area contributed by atoms with E-state index in [1.54, 1.807) is 28.9 Å². The number of aromatic nitrogens is 3. The van der Waals surface area contributed by atoms with Crippen LogP contribution in [-0.4, -0.2) is 32.6 Å². The van der Waals surface area contributed by atoms with Crippen LogP contribution in [0.5, 0.6) is 0 Å². The zero-order valence-electron chi connectivity index (χ0n) is 13.3. The first-order valence-electron chi connectivity index (χ1n) is 7.50. The molecule has 0 bridgehead atoms. The number of ether oxygens (including phenoxy) is 1. The first-order chi connectivity index (χ1) is 12.0. The third-order valence-electron chi connectivity index (χ3n) is 3.57. The fourth-order valence-corrected chi connectivity index (χ4v) is 2.22. The third kappa shape index (κ3) is 3.77. The van der Waals surface area contributed by atoms with Gasteiger partial charge in [0.15, 0.2) is 6.10 Å². The van der Waals surface area contributed by atoms with E-state index in [1.165, 1.54) is 43.8 Å². The molecular weight excluding hydrogens is 325 g/mol. The van der Waals surface area contributed by atoms with Crippen LogP contribution < -0.4 is 0 Å². The van der Waals surface area contributed by atoms with Crippen LogP contribution in [-0.2, 0) is 4.74 Å². The number of ketones is 1. The van der Waals surface area contributed by atoms with E-state index in [9.17, 15) is 14.0 Å². The topological polar surface area (TPSA) is 74.1 Å². The van der Waals surface area contributed by atoms with E-state index in [1.807, 2.05) is 0 Å². The normalized spacial score (nSPS) is 11.8. The molecule has 0 aliphatic carbocycles. The molecule has 3 aromatic rings. The van der Waals surface area contributed by atoms with Gasteiger partial charge in [0.05, 0.1) is 11.3 Å². The van der Waals surface area contributed by atoms with Gasteiger partial charge in [-0.1, -0.05) is 0 Å². The summed E-state index contributed by atoms with van der Waals surface area (Å²) in [7, 11) is 0. The minimum atomic E-state index is -0.979. The second kappa shape index (κ2) is 7.04. The standard InChI is InChI=1S/C18H14FN3O3/c1-12(17(23)13-2-6-15(19)7-3-13)25-18(24)14-4-8-16(9-5-14)22-11-20-10-21-22/h2-12H,1H3/t12-/m1/s1. The van der Waals surface area contributed by atoms with Gasteiger partial charge in [0.25, 0.3) is 0 Å². The third-order valence-corrected chi connectivity index (χ3v) is 3.57. The minimum Gasteiger partial charge on any atom is -0.451 e. The SMILES string of the molecule is C[C@@H](OC(=O)c1ccc(-n2cncn2)cc1)C(=O)c1ccc(F)cc1. The molecule has 2 aromatic carbocycles. The predicted octanol–water partition coefficient (Wildman–Crippen LogP) is 2.83. The molecule has 0 saturated heterocycles. The molecular formula is C18H14FN3O3. The Bertz CT molecular complexity index is 875. The van der Waals surface area contributed by atoms with Crippen molar-refractivity contribution in [2.75, 3.05) is 0 Å². The Morgan fingerprint density at radius 3 is 2.28 bits per heavy atom. The highest BCUT2D eigenvalue weighted by atomic mass is 19.1. The number of Topliss-reactive ketones (excluding diaryl/α,β-unsaturated/α-hetero) is 1. The van der Waals surface area contributed by atoms with Crippen molar-refractivity contribution >= 4 is 11.8 Å².